The number of carbonyl (C=O) groups is 2. The summed E-state index contributed by atoms with van der Waals surface area (Å²) in [5.74, 6) is 4.81. The number of hydrogen-bond donors (Lipinski definition) is 0. The molecule has 1 aliphatic heterocycles. The minimum atomic E-state index is -0.145. The molecule has 9 atom stereocenters. The van der Waals surface area contributed by atoms with Gasteiger partial charge in [0.25, 0.3) is 11.8 Å². The zero-order valence-corrected chi connectivity index (χ0v) is 29.0. The second kappa shape index (κ2) is 14.2. The minimum absolute atomic E-state index is 0.145. The normalized spacial score (nSPS) is 33.2. The molecular weight excluding hydrogens is 550 g/mol. The van der Waals surface area contributed by atoms with Gasteiger partial charge in [0.05, 0.1) is 11.1 Å². The van der Waals surface area contributed by atoms with Gasteiger partial charge in [0.1, 0.15) is 0 Å². The molecule has 45 heavy (non-hydrogen) atoms. The Morgan fingerprint density at radius 3 is 1.51 bits per heavy atom. The molecule has 9 unspecified atom stereocenters. The van der Waals surface area contributed by atoms with Crippen molar-refractivity contribution in [3.63, 3.8) is 0 Å². The van der Waals surface area contributed by atoms with Crippen LogP contribution in [0.25, 0.3) is 0 Å². The van der Waals surface area contributed by atoms with Gasteiger partial charge < -0.3 is 0 Å². The quantitative estimate of drug-likeness (QED) is 0.217. The first kappa shape index (κ1) is 34.9. The fourth-order valence-corrected chi connectivity index (χ4v) is 8.86. The molecule has 3 fully saturated rings. The van der Waals surface area contributed by atoms with Gasteiger partial charge in [-0.1, -0.05) is 90.1 Å². The number of rotatable bonds is 8. The summed E-state index contributed by atoms with van der Waals surface area (Å²) < 4.78 is 0. The second-order valence-electron chi connectivity index (χ2n) is 16.5. The van der Waals surface area contributed by atoms with Crippen LogP contribution in [0.5, 0.6) is 0 Å². The maximum atomic E-state index is 12.9. The van der Waals surface area contributed by atoms with Crippen LogP contribution in [-0.4, -0.2) is 23.3 Å². The zero-order chi connectivity index (χ0) is 33.1. The third-order valence-corrected chi connectivity index (χ3v) is 11.5. The van der Waals surface area contributed by atoms with Gasteiger partial charge >= 0.3 is 0 Å². The lowest BCUT2D eigenvalue weighted by atomic mass is 9.75. The Labute approximate surface area is 274 Å². The average Bonchev–Trinajstić information content (AvgIpc) is 3.77. The van der Waals surface area contributed by atoms with Crippen molar-refractivity contribution in [1.82, 2.24) is 4.90 Å². The lowest BCUT2D eigenvalue weighted by molar-refractivity contribution is 0.0622. The van der Waals surface area contributed by atoms with Crippen molar-refractivity contribution in [3.8, 4) is 0 Å². The lowest BCUT2D eigenvalue weighted by Crippen LogP contribution is -2.35. The Morgan fingerprint density at radius 1 is 0.622 bits per heavy atom. The molecule has 2 amide bonds. The van der Waals surface area contributed by atoms with Gasteiger partial charge in [0.15, 0.2) is 0 Å². The van der Waals surface area contributed by atoms with E-state index in [9.17, 15) is 9.59 Å². The van der Waals surface area contributed by atoms with Gasteiger partial charge in [-0.25, -0.2) is 0 Å². The van der Waals surface area contributed by atoms with Crippen LogP contribution < -0.4 is 0 Å². The van der Waals surface area contributed by atoms with Crippen molar-refractivity contribution in [2.45, 2.75) is 80.1 Å². The highest BCUT2D eigenvalue weighted by Crippen LogP contribution is 2.48. The highest BCUT2D eigenvalue weighted by molar-refractivity contribution is 6.21. The SMILES string of the molecule is C=CC1CC(/C=C\C2CC(C=C)C(C(C)(C)C)C2)C(CN2C(=O)c3ccccc3C2=O)C1.C=CC1CC(C=C)C(C(C)(C)C)C1. The fraction of sp³-hybridized carbons (Fsp3) is 0.571. The first-order chi connectivity index (χ1) is 21.2. The van der Waals surface area contributed by atoms with Crippen LogP contribution >= 0.6 is 0 Å². The number of nitrogens with zero attached hydrogens (tertiary/aromatic N) is 1. The summed E-state index contributed by atoms with van der Waals surface area (Å²) in [5.41, 5.74) is 1.78. The molecule has 3 nitrogen and oxygen atoms in total. The van der Waals surface area contributed by atoms with Crippen molar-refractivity contribution in [2.75, 3.05) is 6.54 Å². The molecule has 3 aliphatic carbocycles. The maximum absolute atomic E-state index is 12.9. The molecular formula is C42H59NO2. The summed E-state index contributed by atoms with van der Waals surface area (Å²) in [7, 11) is 0. The van der Waals surface area contributed by atoms with Crippen LogP contribution in [0.2, 0.25) is 0 Å². The topological polar surface area (TPSA) is 37.4 Å². The van der Waals surface area contributed by atoms with Gasteiger partial charge in [0.2, 0.25) is 0 Å². The van der Waals surface area contributed by atoms with E-state index in [1.165, 1.54) is 30.6 Å². The van der Waals surface area contributed by atoms with Gasteiger partial charge in [-0.15, -0.1) is 26.3 Å². The van der Waals surface area contributed by atoms with Crippen molar-refractivity contribution in [1.29, 1.82) is 0 Å². The molecule has 3 saturated carbocycles. The Balaban J connectivity index is 0.000000297. The molecule has 3 heteroatoms. The fourth-order valence-electron chi connectivity index (χ4n) is 8.86. The molecule has 4 aliphatic rings. The number of imide groups is 1. The summed E-state index contributed by atoms with van der Waals surface area (Å²) in [6.07, 6.45) is 20.2. The molecule has 1 aromatic carbocycles. The van der Waals surface area contributed by atoms with Crippen LogP contribution in [0.15, 0.2) is 87.0 Å². The van der Waals surface area contributed by atoms with Crippen molar-refractivity contribution >= 4 is 11.8 Å². The third kappa shape index (κ3) is 7.90. The Morgan fingerprint density at radius 2 is 1.07 bits per heavy atom. The molecule has 0 N–H and O–H groups in total. The van der Waals surface area contributed by atoms with E-state index in [2.05, 4.69) is 98.2 Å². The molecule has 1 heterocycles. The van der Waals surface area contributed by atoms with Gasteiger partial charge in [-0.05, 0) is 115 Å². The highest BCUT2D eigenvalue weighted by Gasteiger charge is 2.42. The summed E-state index contributed by atoms with van der Waals surface area (Å²) in [5, 5.41) is 0. The molecule has 0 spiro atoms. The third-order valence-electron chi connectivity index (χ3n) is 11.5. The maximum Gasteiger partial charge on any atom is 0.261 e. The Hall–Kier alpha value is -2.94. The monoisotopic (exact) mass is 609 g/mol. The number of allylic oxidation sites excluding steroid dienone is 6. The number of fused-ring (bicyclic) bond motifs is 1. The van der Waals surface area contributed by atoms with Crippen LogP contribution in [0.1, 0.15) is 101 Å². The van der Waals surface area contributed by atoms with E-state index in [1.54, 1.807) is 12.1 Å². The first-order valence-electron chi connectivity index (χ1n) is 17.3. The van der Waals surface area contributed by atoms with Crippen molar-refractivity contribution < 1.29 is 9.59 Å². The molecule has 5 rings (SSSR count). The van der Waals surface area contributed by atoms with E-state index in [1.807, 2.05) is 18.2 Å². The smallest absolute Gasteiger partial charge is 0.261 e. The number of hydrogen-bond acceptors (Lipinski definition) is 2. The first-order valence-corrected chi connectivity index (χ1v) is 17.3. The van der Waals surface area contributed by atoms with E-state index in [0.717, 1.165) is 18.8 Å². The minimum Gasteiger partial charge on any atom is -0.274 e. The zero-order valence-electron chi connectivity index (χ0n) is 29.0. The number of amides is 2. The van der Waals surface area contributed by atoms with Gasteiger partial charge in [-0.2, -0.15) is 0 Å². The number of benzene rings is 1. The summed E-state index contributed by atoms with van der Waals surface area (Å²) in [4.78, 5) is 27.2. The Kier molecular flexibility index (Phi) is 11.0. The van der Waals surface area contributed by atoms with Crippen LogP contribution in [-0.2, 0) is 0 Å². The molecule has 0 radical (unpaired) electrons. The average molecular weight is 610 g/mol. The predicted octanol–water partition coefficient (Wildman–Crippen LogP) is 10.6. The molecule has 0 aromatic heterocycles. The summed E-state index contributed by atoms with van der Waals surface area (Å²) >= 11 is 0. The van der Waals surface area contributed by atoms with Crippen LogP contribution in [0.3, 0.4) is 0 Å². The lowest BCUT2D eigenvalue weighted by Gasteiger charge is -2.30. The van der Waals surface area contributed by atoms with Crippen LogP contribution in [0, 0.1) is 64.1 Å². The van der Waals surface area contributed by atoms with E-state index in [-0.39, 0.29) is 23.1 Å². The summed E-state index contributed by atoms with van der Waals surface area (Å²) in [6, 6.07) is 7.17. The molecule has 0 saturated heterocycles. The summed E-state index contributed by atoms with van der Waals surface area (Å²) in [6.45, 7) is 30.5. The van der Waals surface area contributed by atoms with Crippen molar-refractivity contribution in [3.05, 3.63) is 98.2 Å². The Bertz CT molecular complexity index is 1250. The number of carbonyl (C=O) groups excluding carboxylic acids is 2. The second-order valence-corrected chi connectivity index (χ2v) is 16.5. The van der Waals surface area contributed by atoms with E-state index >= 15 is 0 Å². The van der Waals surface area contributed by atoms with Gasteiger partial charge in [-0.3, -0.25) is 14.5 Å². The standard InChI is InChI=1S/C29H37NO2.C13H22/c1-6-19-14-22(13-12-20-16-21(7-2)26(17-20)29(3,4)5)23(15-19)18-30-27(31)24-10-8-9-11-25(24)28(30)32;1-6-10-8-11(7-2)12(9-10)13(3,4)5/h6-13,19-23,26H,1-2,14-18H2,3-5H3;6-7,10-12H,1-2,8-9H2,3-5H3/b13-12-;. The van der Waals surface area contributed by atoms with E-state index in [4.69, 9.17) is 0 Å². The highest BCUT2D eigenvalue weighted by atomic mass is 16.2. The predicted molar refractivity (Wildman–Crippen MR) is 190 cm³/mol. The van der Waals surface area contributed by atoms with E-state index < -0.39 is 0 Å². The van der Waals surface area contributed by atoms with Crippen LogP contribution in [0.4, 0.5) is 0 Å². The largest absolute Gasteiger partial charge is 0.274 e. The molecule has 0 bridgehead atoms. The molecule has 244 valence electrons. The van der Waals surface area contributed by atoms with Gasteiger partial charge in [0, 0.05) is 6.54 Å². The van der Waals surface area contributed by atoms with E-state index in [0.29, 0.717) is 64.5 Å². The van der Waals surface area contributed by atoms with Crippen molar-refractivity contribution in [2.24, 2.45) is 64.1 Å². The molecule has 1 aromatic rings.